The largest absolute Gasteiger partial charge is 0.266 e. The molecule has 0 spiro atoms. The minimum absolute atomic E-state index is 0.625. The maximum Gasteiger partial charge on any atom is 0.0690 e. The SMILES string of the molecule is CCC#N.c1c[nH]nn1.c1ccccc1. The molecule has 0 aliphatic rings. The zero-order chi connectivity index (χ0) is 11.2. The van der Waals surface area contributed by atoms with E-state index in [0.717, 1.165) is 0 Å². The van der Waals surface area contributed by atoms with E-state index in [-0.39, 0.29) is 0 Å². The Hall–Kier alpha value is -2.15. The van der Waals surface area contributed by atoms with Gasteiger partial charge in [-0.3, -0.25) is 5.10 Å². The fourth-order valence-electron chi connectivity index (χ4n) is 0.552. The van der Waals surface area contributed by atoms with Crippen LogP contribution in [-0.4, -0.2) is 15.4 Å². The first-order valence-electron chi connectivity index (χ1n) is 4.59. The van der Waals surface area contributed by atoms with Gasteiger partial charge in [0.1, 0.15) is 0 Å². The molecule has 0 saturated heterocycles. The van der Waals surface area contributed by atoms with Gasteiger partial charge in [0.05, 0.1) is 12.3 Å². The third-order valence-corrected chi connectivity index (χ3v) is 1.16. The minimum Gasteiger partial charge on any atom is -0.266 e. The van der Waals surface area contributed by atoms with Crippen LogP contribution in [0.15, 0.2) is 48.8 Å². The summed E-state index contributed by atoms with van der Waals surface area (Å²) in [7, 11) is 0. The van der Waals surface area contributed by atoms with Crippen LogP contribution >= 0.6 is 0 Å². The summed E-state index contributed by atoms with van der Waals surface area (Å²) in [6.07, 6.45) is 3.86. The average Bonchev–Trinajstić information content (AvgIpc) is 2.90. The van der Waals surface area contributed by atoms with Gasteiger partial charge in [0.15, 0.2) is 0 Å². The number of aromatic nitrogens is 3. The quantitative estimate of drug-likeness (QED) is 0.713. The Morgan fingerprint density at radius 2 is 1.60 bits per heavy atom. The van der Waals surface area contributed by atoms with E-state index in [4.69, 9.17) is 5.26 Å². The van der Waals surface area contributed by atoms with Crippen molar-refractivity contribution in [3.05, 3.63) is 48.8 Å². The lowest BCUT2D eigenvalue weighted by Crippen LogP contribution is -1.61. The Morgan fingerprint density at radius 3 is 1.73 bits per heavy atom. The molecule has 0 atom stereocenters. The van der Waals surface area contributed by atoms with E-state index in [1.165, 1.54) is 0 Å². The van der Waals surface area contributed by atoms with E-state index in [0.29, 0.717) is 6.42 Å². The van der Waals surface area contributed by atoms with Crippen molar-refractivity contribution in [1.29, 1.82) is 5.26 Å². The van der Waals surface area contributed by atoms with Crippen molar-refractivity contribution in [2.24, 2.45) is 0 Å². The number of hydrogen-bond donors (Lipinski definition) is 1. The van der Waals surface area contributed by atoms with Crippen LogP contribution in [0.5, 0.6) is 0 Å². The number of rotatable bonds is 0. The molecule has 0 amide bonds. The summed E-state index contributed by atoms with van der Waals surface area (Å²) in [4.78, 5) is 0. The lowest BCUT2D eigenvalue weighted by molar-refractivity contribution is 0.940. The van der Waals surface area contributed by atoms with Gasteiger partial charge in [0.2, 0.25) is 0 Å². The molecule has 78 valence electrons. The Morgan fingerprint density at radius 1 is 1.13 bits per heavy atom. The molecule has 0 saturated carbocycles. The second kappa shape index (κ2) is 11.8. The summed E-state index contributed by atoms with van der Waals surface area (Å²) in [6.45, 7) is 1.82. The van der Waals surface area contributed by atoms with Crippen molar-refractivity contribution in [2.45, 2.75) is 13.3 Å². The normalized spacial score (nSPS) is 7.20. The first-order chi connectivity index (χ1) is 7.41. The van der Waals surface area contributed by atoms with Crippen molar-refractivity contribution < 1.29 is 0 Å². The second-order valence-corrected chi connectivity index (χ2v) is 2.33. The van der Waals surface area contributed by atoms with Crippen LogP contribution in [0.4, 0.5) is 0 Å². The van der Waals surface area contributed by atoms with E-state index in [2.05, 4.69) is 15.4 Å². The van der Waals surface area contributed by atoms with Gasteiger partial charge in [0.25, 0.3) is 0 Å². The van der Waals surface area contributed by atoms with Crippen molar-refractivity contribution in [3.63, 3.8) is 0 Å². The van der Waals surface area contributed by atoms with E-state index >= 15 is 0 Å². The first kappa shape index (κ1) is 12.8. The van der Waals surface area contributed by atoms with Gasteiger partial charge in [0, 0.05) is 12.6 Å². The molecule has 2 rings (SSSR count). The summed E-state index contributed by atoms with van der Waals surface area (Å²) in [5.74, 6) is 0. The van der Waals surface area contributed by atoms with E-state index < -0.39 is 0 Å². The fourth-order valence-corrected chi connectivity index (χ4v) is 0.552. The molecular weight excluding hydrogens is 188 g/mol. The number of nitrogens with one attached hydrogen (secondary N) is 1. The topological polar surface area (TPSA) is 65.4 Å². The molecule has 4 nitrogen and oxygen atoms in total. The van der Waals surface area contributed by atoms with Gasteiger partial charge in [-0.05, 0) is 0 Å². The van der Waals surface area contributed by atoms with Crippen molar-refractivity contribution >= 4 is 0 Å². The predicted molar refractivity (Wildman–Crippen MR) is 58.7 cm³/mol. The minimum atomic E-state index is 0.625. The monoisotopic (exact) mass is 202 g/mol. The Labute approximate surface area is 89.6 Å². The molecule has 4 heteroatoms. The lowest BCUT2D eigenvalue weighted by Gasteiger charge is -1.69. The molecule has 0 fully saturated rings. The Kier molecular flexibility index (Phi) is 10.2. The maximum atomic E-state index is 7.62. The number of H-pyrrole nitrogens is 1. The van der Waals surface area contributed by atoms with Crippen LogP contribution in [0, 0.1) is 11.3 Å². The molecule has 2 aromatic rings. The van der Waals surface area contributed by atoms with Gasteiger partial charge in [-0.1, -0.05) is 48.5 Å². The highest BCUT2D eigenvalue weighted by Gasteiger charge is 1.58. The van der Waals surface area contributed by atoms with Crippen LogP contribution in [-0.2, 0) is 0 Å². The number of benzene rings is 1. The second-order valence-electron chi connectivity index (χ2n) is 2.33. The van der Waals surface area contributed by atoms with Crippen LogP contribution in [0.25, 0.3) is 0 Å². The number of hydrogen-bond acceptors (Lipinski definition) is 3. The molecule has 0 aliphatic heterocycles. The van der Waals surface area contributed by atoms with Gasteiger partial charge in [-0.25, -0.2) is 0 Å². The molecule has 1 aromatic heterocycles. The van der Waals surface area contributed by atoms with Crippen molar-refractivity contribution in [3.8, 4) is 6.07 Å². The van der Waals surface area contributed by atoms with Crippen LogP contribution < -0.4 is 0 Å². The lowest BCUT2D eigenvalue weighted by atomic mass is 10.4. The van der Waals surface area contributed by atoms with Crippen molar-refractivity contribution in [1.82, 2.24) is 15.4 Å². The summed E-state index contributed by atoms with van der Waals surface area (Å²) >= 11 is 0. The molecule has 1 aromatic carbocycles. The van der Waals surface area contributed by atoms with Crippen LogP contribution in [0.1, 0.15) is 13.3 Å². The van der Waals surface area contributed by atoms with Gasteiger partial charge in [-0.2, -0.15) is 5.26 Å². The first-order valence-corrected chi connectivity index (χ1v) is 4.59. The predicted octanol–water partition coefficient (Wildman–Crippen LogP) is 2.41. The van der Waals surface area contributed by atoms with E-state index in [1.807, 2.05) is 49.4 Å². The standard InChI is InChI=1S/C6H6.C3H5N.C2H3N3/c1-2-4-6-5-3-1;1-2-3-4;1-2-4-5-3-1/h1-6H;2H2,1H3;1-2H,(H,3,4,5). The van der Waals surface area contributed by atoms with Crippen LogP contribution in [0.3, 0.4) is 0 Å². The molecule has 0 radical (unpaired) electrons. The molecule has 1 N–H and O–H groups in total. The molecule has 15 heavy (non-hydrogen) atoms. The Bertz CT molecular complexity index is 279. The highest BCUT2D eigenvalue weighted by molar-refractivity contribution is 4.99. The van der Waals surface area contributed by atoms with Crippen LogP contribution in [0.2, 0.25) is 0 Å². The summed E-state index contributed by atoms with van der Waals surface area (Å²) in [5.41, 5.74) is 0. The molecule has 1 heterocycles. The average molecular weight is 202 g/mol. The third-order valence-electron chi connectivity index (χ3n) is 1.16. The summed E-state index contributed by atoms with van der Waals surface area (Å²) < 4.78 is 0. The maximum absolute atomic E-state index is 7.62. The van der Waals surface area contributed by atoms with Crippen molar-refractivity contribution in [2.75, 3.05) is 0 Å². The van der Waals surface area contributed by atoms with Gasteiger partial charge in [-0.15, -0.1) is 5.10 Å². The fraction of sp³-hybridized carbons (Fsp3) is 0.182. The van der Waals surface area contributed by atoms with E-state index in [1.54, 1.807) is 12.4 Å². The van der Waals surface area contributed by atoms with E-state index in [9.17, 15) is 0 Å². The summed E-state index contributed by atoms with van der Waals surface area (Å²) in [6, 6.07) is 13.9. The molecule has 0 bridgehead atoms. The highest BCUT2D eigenvalue weighted by atomic mass is 15.3. The highest BCUT2D eigenvalue weighted by Crippen LogP contribution is 1.79. The number of nitrogens with zero attached hydrogens (tertiary/aromatic N) is 3. The molecule has 0 aliphatic carbocycles. The van der Waals surface area contributed by atoms with Gasteiger partial charge < -0.3 is 0 Å². The van der Waals surface area contributed by atoms with Gasteiger partial charge >= 0.3 is 0 Å². The summed E-state index contributed by atoms with van der Waals surface area (Å²) in [5, 5.41) is 16.9. The number of aromatic amines is 1. The zero-order valence-corrected chi connectivity index (χ0v) is 8.67. The Balaban J connectivity index is 0.000000202. The zero-order valence-electron chi connectivity index (χ0n) is 8.67. The third kappa shape index (κ3) is 11.9. The molecular formula is C11H14N4. The molecule has 0 unspecified atom stereocenters. The number of nitriles is 1. The smallest absolute Gasteiger partial charge is 0.0690 e.